The van der Waals surface area contributed by atoms with Crippen molar-refractivity contribution in [1.82, 2.24) is 5.32 Å². The first-order chi connectivity index (χ1) is 5.69. The lowest BCUT2D eigenvalue weighted by molar-refractivity contribution is 0.648. The Morgan fingerprint density at radius 3 is 2.58 bits per heavy atom. The smallest absolute Gasteiger partial charge is 0.0290 e. The SMILES string of the molecule is CNC1C=C(C)C(SC)=C(C)C1. The molecule has 1 aliphatic carbocycles. The maximum Gasteiger partial charge on any atom is 0.0290 e. The minimum atomic E-state index is 0.542. The van der Waals surface area contributed by atoms with E-state index in [1.165, 1.54) is 16.1 Å². The van der Waals surface area contributed by atoms with Crippen LogP contribution in [0.4, 0.5) is 0 Å². The first-order valence-electron chi connectivity index (χ1n) is 4.28. The molecule has 0 aromatic carbocycles. The number of likely N-dealkylation sites (N-methyl/N-ethyl adjacent to an activating group) is 1. The highest BCUT2D eigenvalue weighted by Crippen LogP contribution is 2.31. The fraction of sp³-hybridized carbons (Fsp3) is 0.600. The van der Waals surface area contributed by atoms with Crippen molar-refractivity contribution in [2.45, 2.75) is 26.3 Å². The zero-order chi connectivity index (χ0) is 9.14. The molecule has 2 heteroatoms. The van der Waals surface area contributed by atoms with Crippen LogP contribution >= 0.6 is 11.8 Å². The van der Waals surface area contributed by atoms with E-state index in [1.54, 1.807) is 0 Å². The molecule has 1 atom stereocenters. The van der Waals surface area contributed by atoms with E-state index in [1.807, 2.05) is 18.8 Å². The molecule has 0 saturated carbocycles. The Hall–Kier alpha value is -0.210. The highest BCUT2D eigenvalue weighted by Gasteiger charge is 2.14. The van der Waals surface area contributed by atoms with Gasteiger partial charge in [-0.3, -0.25) is 0 Å². The first-order valence-corrected chi connectivity index (χ1v) is 5.51. The molecule has 12 heavy (non-hydrogen) atoms. The quantitative estimate of drug-likeness (QED) is 0.706. The van der Waals surface area contributed by atoms with Crippen LogP contribution in [0.2, 0.25) is 0 Å². The Morgan fingerprint density at radius 2 is 2.17 bits per heavy atom. The molecule has 68 valence electrons. The minimum absolute atomic E-state index is 0.542. The van der Waals surface area contributed by atoms with Gasteiger partial charge in [-0.25, -0.2) is 0 Å². The predicted octanol–water partition coefficient (Wildman–Crippen LogP) is 2.56. The number of nitrogens with one attached hydrogen (secondary N) is 1. The molecule has 0 fully saturated rings. The van der Waals surface area contributed by atoms with E-state index in [-0.39, 0.29) is 0 Å². The van der Waals surface area contributed by atoms with E-state index in [2.05, 4.69) is 31.5 Å². The minimum Gasteiger partial charge on any atom is -0.313 e. The van der Waals surface area contributed by atoms with Crippen LogP contribution in [0.15, 0.2) is 22.1 Å². The molecule has 0 aromatic heterocycles. The maximum atomic E-state index is 3.29. The van der Waals surface area contributed by atoms with Crippen LogP contribution in [0.25, 0.3) is 0 Å². The summed E-state index contributed by atoms with van der Waals surface area (Å²) in [6.45, 7) is 4.42. The molecule has 0 aliphatic heterocycles. The molecular weight excluding hydrogens is 166 g/mol. The molecule has 0 spiro atoms. The molecule has 0 heterocycles. The van der Waals surface area contributed by atoms with E-state index in [4.69, 9.17) is 0 Å². The molecular formula is C10H17NS. The van der Waals surface area contributed by atoms with Gasteiger partial charge in [-0.1, -0.05) is 11.6 Å². The summed E-state index contributed by atoms with van der Waals surface area (Å²) in [6.07, 6.45) is 5.62. The second-order valence-corrected chi connectivity index (χ2v) is 4.08. The van der Waals surface area contributed by atoms with Crippen molar-refractivity contribution in [3.63, 3.8) is 0 Å². The topological polar surface area (TPSA) is 12.0 Å². The van der Waals surface area contributed by atoms with Crippen LogP contribution in [0, 0.1) is 0 Å². The van der Waals surface area contributed by atoms with Gasteiger partial charge >= 0.3 is 0 Å². The average molecular weight is 183 g/mol. The van der Waals surface area contributed by atoms with E-state index in [9.17, 15) is 0 Å². The summed E-state index contributed by atoms with van der Waals surface area (Å²) in [7, 11) is 2.02. The van der Waals surface area contributed by atoms with Crippen LogP contribution in [0.5, 0.6) is 0 Å². The van der Waals surface area contributed by atoms with Crippen molar-refractivity contribution in [2.24, 2.45) is 0 Å². The number of rotatable bonds is 2. The summed E-state index contributed by atoms with van der Waals surface area (Å²) >= 11 is 1.86. The van der Waals surface area contributed by atoms with Crippen molar-refractivity contribution < 1.29 is 0 Å². The molecule has 0 saturated heterocycles. The molecule has 1 N–H and O–H groups in total. The number of hydrogen-bond acceptors (Lipinski definition) is 2. The van der Waals surface area contributed by atoms with Gasteiger partial charge in [0.2, 0.25) is 0 Å². The highest BCUT2D eigenvalue weighted by molar-refractivity contribution is 8.02. The third kappa shape index (κ3) is 1.93. The summed E-state index contributed by atoms with van der Waals surface area (Å²) in [6, 6.07) is 0.542. The number of hydrogen-bond donors (Lipinski definition) is 1. The molecule has 1 unspecified atom stereocenters. The zero-order valence-corrected chi connectivity index (χ0v) is 9.09. The van der Waals surface area contributed by atoms with Crippen LogP contribution in [-0.4, -0.2) is 19.3 Å². The standard InChI is InChI=1S/C10H17NS/c1-7-5-9(11-3)6-8(2)10(7)12-4/h5,9,11H,6H2,1-4H3. The second-order valence-electron chi connectivity index (χ2n) is 3.26. The van der Waals surface area contributed by atoms with Gasteiger partial charge < -0.3 is 5.32 Å². The third-order valence-corrected chi connectivity index (χ3v) is 3.38. The molecule has 1 nitrogen and oxygen atoms in total. The molecule has 1 rings (SSSR count). The maximum absolute atomic E-state index is 3.29. The second kappa shape index (κ2) is 4.15. The van der Waals surface area contributed by atoms with Crippen LogP contribution in [0.1, 0.15) is 20.3 Å². The Balaban J connectivity index is 2.84. The van der Waals surface area contributed by atoms with E-state index >= 15 is 0 Å². The summed E-state index contributed by atoms with van der Waals surface area (Å²) in [5.74, 6) is 0. The zero-order valence-electron chi connectivity index (χ0n) is 8.27. The van der Waals surface area contributed by atoms with Crippen molar-refractivity contribution in [1.29, 1.82) is 0 Å². The van der Waals surface area contributed by atoms with Gasteiger partial charge in [0.1, 0.15) is 0 Å². The van der Waals surface area contributed by atoms with Crippen molar-refractivity contribution in [3.05, 3.63) is 22.1 Å². The lowest BCUT2D eigenvalue weighted by Gasteiger charge is -2.22. The van der Waals surface area contributed by atoms with Gasteiger partial charge in [0, 0.05) is 10.9 Å². The van der Waals surface area contributed by atoms with E-state index < -0.39 is 0 Å². The van der Waals surface area contributed by atoms with Gasteiger partial charge in [0.25, 0.3) is 0 Å². The monoisotopic (exact) mass is 183 g/mol. The number of thioether (sulfide) groups is 1. The molecule has 0 radical (unpaired) electrons. The summed E-state index contributed by atoms with van der Waals surface area (Å²) < 4.78 is 0. The first kappa shape index (κ1) is 9.87. The van der Waals surface area contributed by atoms with Crippen molar-refractivity contribution in [3.8, 4) is 0 Å². The average Bonchev–Trinajstić information content (AvgIpc) is 2.03. The van der Waals surface area contributed by atoms with E-state index in [0.717, 1.165) is 6.42 Å². The number of allylic oxidation sites excluding steroid dienone is 1. The largest absolute Gasteiger partial charge is 0.313 e. The Labute approximate surface area is 79.3 Å². The van der Waals surface area contributed by atoms with Crippen molar-refractivity contribution >= 4 is 11.8 Å². The molecule has 0 bridgehead atoms. The van der Waals surface area contributed by atoms with Crippen LogP contribution in [0.3, 0.4) is 0 Å². The fourth-order valence-corrected chi connectivity index (χ4v) is 2.54. The Morgan fingerprint density at radius 1 is 1.50 bits per heavy atom. The van der Waals surface area contributed by atoms with Crippen LogP contribution < -0.4 is 5.32 Å². The Kier molecular flexibility index (Phi) is 3.41. The predicted molar refractivity (Wildman–Crippen MR) is 57.4 cm³/mol. The van der Waals surface area contributed by atoms with E-state index in [0.29, 0.717) is 6.04 Å². The lowest BCUT2D eigenvalue weighted by Crippen LogP contribution is -2.25. The normalized spacial score (nSPS) is 24.3. The van der Waals surface area contributed by atoms with Crippen LogP contribution in [-0.2, 0) is 0 Å². The molecule has 1 aliphatic rings. The van der Waals surface area contributed by atoms with Gasteiger partial charge in [0.05, 0.1) is 0 Å². The molecule has 0 aromatic rings. The van der Waals surface area contributed by atoms with Gasteiger partial charge in [-0.15, -0.1) is 11.8 Å². The van der Waals surface area contributed by atoms with Gasteiger partial charge in [0.15, 0.2) is 0 Å². The van der Waals surface area contributed by atoms with Gasteiger partial charge in [-0.05, 0) is 39.1 Å². The highest BCUT2D eigenvalue weighted by atomic mass is 32.2. The fourth-order valence-electron chi connectivity index (χ4n) is 1.72. The summed E-state index contributed by atoms with van der Waals surface area (Å²) in [5, 5.41) is 3.29. The van der Waals surface area contributed by atoms with Crippen molar-refractivity contribution in [2.75, 3.05) is 13.3 Å². The molecule has 0 amide bonds. The Bertz CT molecular complexity index is 228. The van der Waals surface area contributed by atoms with Gasteiger partial charge in [-0.2, -0.15) is 0 Å². The summed E-state index contributed by atoms with van der Waals surface area (Å²) in [4.78, 5) is 1.47. The lowest BCUT2D eigenvalue weighted by atomic mass is 9.97. The third-order valence-electron chi connectivity index (χ3n) is 2.30. The summed E-state index contributed by atoms with van der Waals surface area (Å²) in [5.41, 5.74) is 2.94.